The molecule has 3 aliphatic carbocycles. The molecule has 0 aromatic heterocycles. The number of ether oxygens (including phenoxy) is 4. The van der Waals surface area contributed by atoms with Gasteiger partial charge in [-0.2, -0.15) is 0 Å². The molecule has 6 atom stereocenters. The molecule has 136 valence electrons. The van der Waals surface area contributed by atoms with Gasteiger partial charge in [-0.25, -0.2) is 0 Å². The van der Waals surface area contributed by atoms with Gasteiger partial charge in [0.15, 0.2) is 11.6 Å². The molecule has 6 nitrogen and oxygen atoms in total. The van der Waals surface area contributed by atoms with Crippen LogP contribution in [0.1, 0.15) is 64.2 Å². The van der Waals surface area contributed by atoms with Gasteiger partial charge in [-0.3, -0.25) is 0 Å². The molecular weight excluding hydrogens is 312 g/mol. The van der Waals surface area contributed by atoms with Gasteiger partial charge >= 0.3 is 0 Å². The van der Waals surface area contributed by atoms with Crippen LogP contribution < -0.4 is 0 Å². The van der Waals surface area contributed by atoms with Crippen molar-refractivity contribution in [3.8, 4) is 0 Å². The van der Waals surface area contributed by atoms with Crippen molar-refractivity contribution in [2.45, 2.75) is 112 Å². The molecule has 5 fully saturated rings. The number of aliphatic hydroxyl groups is 2. The summed E-state index contributed by atoms with van der Waals surface area (Å²) >= 11 is 0. The van der Waals surface area contributed by atoms with Crippen LogP contribution in [0.4, 0.5) is 0 Å². The van der Waals surface area contributed by atoms with Crippen molar-refractivity contribution in [1.82, 2.24) is 0 Å². The molecule has 0 bridgehead atoms. The van der Waals surface area contributed by atoms with Crippen LogP contribution in [0.2, 0.25) is 0 Å². The zero-order chi connectivity index (χ0) is 16.4. The van der Waals surface area contributed by atoms with Crippen molar-refractivity contribution in [2.24, 2.45) is 0 Å². The maximum Gasteiger partial charge on any atom is 0.169 e. The monoisotopic (exact) mass is 340 g/mol. The number of hydrogen-bond acceptors (Lipinski definition) is 6. The lowest BCUT2D eigenvalue weighted by Crippen LogP contribution is -2.61. The number of rotatable bonds is 0. The maximum atomic E-state index is 10.6. The first kappa shape index (κ1) is 16.0. The van der Waals surface area contributed by atoms with Crippen LogP contribution in [0.5, 0.6) is 0 Å². The molecule has 2 saturated heterocycles. The van der Waals surface area contributed by atoms with E-state index in [0.29, 0.717) is 0 Å². The van der Waals surface area contributed by atoms with Gasteiger partial charge in [0.25, 0.3) is 0 Å². The van der Waals surface area contributed by atoms with Crippen LogP contribution in [-0.2, 0) is 18.9 Å². The number of fused-ring (bicyclic) bond motifs is 3. The van der Waals surface area contributed by atoms with Crippen molar-refractivity contribution in [2.75, 3.05) is 0 Å². The molecule has 0 radical (unpaired) electrons. The Kier molecular flexibility index (Phi) is 3.75. The summed E-state index contributed by atoms with van der Waals surface area (Å²) in [6, 6.07) is 0. The van der Waals surface area contributed by atoms with Crippen LogP contribution in [0.3, 0.4) is 0 Å². The lowest BCUT2D eigenvalue weighted by atomic mass is 9.85. The van der Waals surface area contributed by atoms with E-state index in [2.05, 4.69) is 0 Å². The molecule has 6 heteroatoms. The number of aliphatic hydroxyl groups excluding tert-OH is 2. The Morgan fingerprint density at radius 3 is 1.21 bits per heavy atom. The van der Waals surface area contributed by atoms with Gasteiger partial charge in [0.1, 0.15) is 36.6 Å². The molecule has 2 N–H and O–H groups in total. The SMILES string of the molecule is OC1[C@H](O)[C@H]2OC3(CCCCC3)O[C@@H]2[C@H]2OC3(CCCCC3)O[C@@H]12. The van der Waals surface area contributed by atoms with E-state index in [4.69, 9.17) is 18.9 Å². The zero-order valence-electron chi connectivity index (χ0n) is 14.1. The third kappa shape index (κ3) is 2.31. The van der Waals surface area contributed by atoms with E-state index in [-0.39, 0.29) is 12.2 Å². The van der Waals surface area contributed by atoms with Crippen LogP contribution in [0.25, 0.3) is 0 Å². The fourth-order valence-corrected chi connectivity index (χ4v) is 5.39. The molecule has 0 aromatic rings. The van der Waals surface area contributed by atoms with Gasteiger partial charge in [0.05, 0.1) is 0 Å². The average molecular weight is 340 g/mol. The van der Waals surface area contributed by atoms with Gasteiger partial charge in [0, 0.05) is 25.7 Å². The first-order valence-corrected chi connectivity index (χ1v) is 9.69. The van der Waals surface area contributed by atoms with Crippen molar-refractivity contribution >= 4 is 0 Å². The summed E-state index contributed by atoms with van der Waals surface area (Å²) in [5.41, 5.74) is 0. The second kappa shape index (κ2) is 5.63. The molecule has 3 saturated carbocycles. The summed E-state index contributed by atoms with van der Waals surface area (Å²) in [5.74, 6) is -1.20. The van der Waals surface area contributed by atoms with Gasteiger partial charge in [0.2, 0.25) is 0 Å². The second-order valence-corrected chi connectivity index (χ2v) is 8.25. The quantitative estimate of drug-likeness (QED) is 0.698. The minimum atomic E-state index is -0.986. The van der Waals surface area contributed by atoms with E-state index in [1.807, 2.05) is 0 Å². The molecule has 2 heterocycles. The fraction of sp³-hybridized carbons (Fsp3) is 1.00. The third-order valence-corrected chi connectivity index (χ3v) is 6.63. The van der Waals surface area contributed by atoms with E-state index in [9.17, 15) is 10.2 Å². The topological polar surface area (TPSA) is 77.4 Å². The summed E-state index contributed by atoms with van der Waals surface area (Å²) in [6.45, 7) is 0. The fourth-order valence-electron chi connectivity index (χ4n) is 5.39. The van der Waals surface area contributed by atoms with Crippen LogP contribution in [0.15, 0.2) is 0 Å². The lowest BCUT2D eigenvalue weighted by Gasteiger charge is -2.38. The Bertz CT molecular complexity index is 440. The Labute approximate surface area is 142 Å². The Hall–Kier alpha value is -0.240. The summed E-state index contributed by atoms with van der Waals surface area (Å²) in [5, 5.41) is 21.2. The normalized spacial score (nSPS) is 49.2. The van der Waals surface area contributed by atoms with Gasteiger partial charge in [-0.05, 0) is 25.7 Å². The summed E-state index contributed by atoms with van der Waals surface area (Å²) < 4.78 is 25.1. The molecule has 5 aliphatic rings. The molecule has 2 spiro atoms. The van der Waals surface area contributed by atoms with Crippen LogP contribution >= 0.6 is 0 Å². The largest absolute Gasteiger partial charge is 0.387 e. The standard InChI is InChI=1S/C18H28O6/c19-11-12(20)14-16(24-18(22-14)9-5-2-6-10-18)15-13(11)21-17(23-15)7-3-1-4-8-17/h11-16,19-20H,1-10H2/t11-,12?,13+,14-,15-,16-/m0/s1. The van der Waals surface area contributed by atoms with Gasteiger partial charge in [-0.1, -0.05) is 12.8 Å². The molecule has 0 amide bonds. The highest BCUT2D eigenvalue weighted by molar-refractivity contribution is 5.09. The lowest BCUT2D eigenvalue weighted by molar-refractivity contribution is -0.224. The Balaban J connectivity index is 1.42. The highest BCUT2D eigenvalue weighted by atomic mass is 16.8. The van der Waals surface area contributed by atoms with Gasteiger partial charge in [-0.15, -0.1) is 0 Å². The minimum Gasteiger partial charge on any atom is -0.387 e. The molecule has 1 unspecified atom stereocenters. The van der Waals surface area contributed by atoms with Crippen molar-refractivity contribution in [1.29, 1.82) is 0 Å². The van der Waals surface area contributed by atoms with Crippen LogP contribution in [0, 0.1) is 0 Å². The van der Waals surface area contributed by atoms with E-state index < -0.39 is 36.0 Å². The van der Waals surface area contributed by atoms with E-state index >= 15 is 0 Å². The van der Waals surface area contributed by atoms with Crippen LogP contribution in [-0.4, -0.2) is 58.4 Å². The molecule has 5 rings (SSSR count). The Morgan fingerprint density at radius 1 is 0.500 bits per heavy atom. The minimum absolute atomic E-state index is 0.354. The first-order valence-electron chi connectivity index (χ1n) is 9.69. The summed E-state index contributed by atoms with van der Waals surface area (Å²) in [4.78, 5) is 0. The highest BCUT2D eigenvalue weighted by Crippen LogP contribution is 2.51. The van der Waals surface area contributed by atoms with Gasteiger partial charge < -0.3 is 29.2 Å². The average Bonchev–Trinajstić information content (AvgIpc) is 3.14. The predicted molar refractivity (Wildman–Crippen MR) is 83.1 cm³/mol. The number of hydrogen-bond donors (Lipinski definition) is 2. The second-order valence-electron chi connectivity index (χ2n) is 8.25. The van der Waals surface area contributed by atoms with Crippen molar-refractivity contribution < 1.29 is 29.2 Å². The smallest absolute Gasteiger partial charge is 0.169 e. The summed E-state index contributed by atoms with van der Waals surface area (Å²) in [6.07, 6.45) is 6.38. The maximum absolute atomic E-state index is 10.6. The molecule has 2 aliphatic heterocycles. The Morgan fingerprint density at radius 2 is 0.833 bits per heavy atom. The zero-order valence-corrected chi connectivity index (χ0v) is 14.1. The first-order chi connectivity index (χ1) is 11.6. The predicted octanol–water partition coefficient (Wildman–Crippen LogP) is 1.61. The third-order valence-electron chi connectivity index (χ3n) is 6.63. The van der Waals surface area contributed by atoms with Crippen molar-refractivity contribution in [3.63, 3.8) is 0 Å². The van der Waals surface area contributed by atoms with E-state index in [1.54, 1.807) is 0 Å². The summed E-state index contributed by atoms with van der Waals surface area (Å²) in [7, 11) is 0. The molecule has 24 heavy (non-hydrogen) atoms. The highest BCUT2D eigenvalue weighted by Gasteiger charge is 2.65. The van der Waals surface area contributed by atoms with E-state index in [1.165, 1.54) is 12.8 Å². The molecule has 0 aromatic carbocycles. The van der Waals surface area contributed by atoms with Crippen molar-refractivity contribution in [3.05, 3.63) is 0 Å². The van der Waals surface area contributed by atoms with E-state index in [0.717, 1.165) is 51.4 Å². The molecular formula is C18H28O6.